The molecule has 2 unspecified atom stereocenters. The van der Waals surface area contributed by atoms with E-state index in [0.29, 0.717) is 16.8 Å². The number of halogens is 3. The first-order valence-electron chi connectivity index (χ1n) is 9.49. The van der Waals surface area contributed by atoms with Crippen LogP contribution in [0.3, 0.4) is 0 Å². The zero-order valence-corrected chi connectivity index (χ0v) is 17.1. The van der Waals surface area contributed by atoms with Crippen molar-refractivity contribution in [2.45, 2.75) is 31.5 Å². The van der Waals surface area contributed by atoms with E-state index in [0.717, 1.165) is 0 Å². The van der Waals surface area contributed by atoms with Crippen LogP contribution >= 0.6 is 0 Å². The SMILES string of the molecule is CCOC(c1ccc(C(COC)CC(=O)O)cc1Nc1ccc(C#N)cc1)C(F)(F)F. The molecule has 2 N–H and O–H groups in total. The third kappa shape index (κ3) is 6.70. The minimum absolute atomic E-state index is 0.0934. The summed E-state index contributed by atoms with van der Waals surface area (Å²) in [6.07, 6.45) is -7.05. The second kappa shape index (κ2) is 10.8. The maximum atomic E-state index is 13.7. The van der Waals surface area contributed by atoms with E-state index < -0.39 is 24.2 Å². The maximum absolute atomic E-state index is 13.7. The Morgan fingerprint density at radius 2 is 1.90 bits per heavy atom. The summed E-state index contributed by atoms with van der Waals surface area (Å²) >= 11 is 0. The lowest BCUT2D eigenvalue weighted by Crippen LogP contribution is -2.24. The first-order chi connectivity index (χ1) is 14.7. The number of carboxylic acid groups (broad SMARTS) is 1. The summed E-state index contributed by atoms with van der Waals surface area (Å²) < 4.78 is 51.1. The number of carboxylic acids is 1. The Balaban J connectivity index is 2.55. The van der Waals surface area contributed by atoms with Gasteiger partial charge in [-0.1, -0.05) is 12.1 Å². The Bertz CT molecular complexity index is 924. The van der Waals surface area contributed by atoms with Gasteiger partial charge in [-0.15, -0.1) is 0 Å². The van der Waals surface area contributed by atoms with E-state index in [1.54, 1.807) is 12.1 Å². The number of methoxy groups -OCH3 is 1. The van der Waals surface area contributed by atoms with Gasteiger partial charge in [0.2, 0.25) is 0 Å². The van der Waals surface area contributed by atoms with Crippen molar-refractivity contribution in [1.29, 1.82) is 5.26 Å². The Labute approximate surface area is 178 Å². The molecule has 0 aliphatic heterocycles. The van der Waals surface area contributed by atoms with Crippen LogP contribution in [0.2, 0.25) is 0 Å². The van der Waals surface area contributed by atoms with Gasteiger partial charge in [-0.25, -0.2) is 0 Å². The first kappa shape index (κ1) is 24.2. The van der Waals surface area contributed by atoms with Gasteiger partial charge in [0.05, 0.1) is 24.7 Å². The molecule has 0 heterocycles. The molecule has 0 aromatic heterocycles. The molecule has 0 saturated heterocycles. The van der Waals surface area contributed by atoms with Crippen LogP contribution in [-0.4, -0.2) is 37.6 Å². The molecule has 0 spiro atoms. The fraction of sp³-hybridized carbons (Fsp3) is 0.364. The van der Waals surface area contributed by atoms with Gasteiger partial charge >= 0.3 is 12.1 Å². The summed E-state index contributed by atoms with van der Waals surface area (Å²) in [7, 11) is 1.42. The van der Waals surface area contributed by atoms with Crippen LogP contribution in [0.4, 0.5) is 24.5 Å². The molecule has 0 bridgehead atoms. The lowest BCUT2D eigenvalue weighted by molar-refractivity contribution is -0.222. The van der Waals surface area contributed by atoms with Gasteiger partial charge in [0.1, 0.15) is 0 Å². The van der Waals surface area contributed by atoms with Crippen molar-refractivity contribution in [3.63, 3.8) is 0 Å². The fourth-order valence-corrected chi connectivity index (χ4v) is 3.16. The van der Waals surface area contributed by atoms with Crippen molar-refractivity contribution < 1.29 is 32.5 Å². The number of hydrogen-bond acceptors (Lipinski definition) is 5. The van der Waals surface area contributed by atoms with Gasteiger partial charge in [-0.05, 0) is 42.8 Å². The molecule has 0 aliphatic rings. The molecule has 6 nitrogen and oxygen atoms in total. The minimum atomic E-state index is -4.65. The zero-order valence-electron chi connectivity index (χ0n) is 17.1. The largest absolute Gasteiger partial charge is 0.481 e. The van der Waals surface area contributed by atoms with E-state index >= 15 is 0 Å². The molecule has 0 aliphatic carbocycles. The molecule has 2 atom stereocenters. The Morgan fingerprint density at radius 3 is 2.42 bits per heavy atom. The molecule has 0 saturated carbocycles. The van der Waals surface area contributed by atoms with Crippen LogP contribution in [0.1, 0.15) is 42.1 Å². The number of aliphatic carboxylic acids is 1. The van der Waals surface area contributed by atoms with Crippen LogP contribution in [0.15, 0.2) is 42.5 Å². The minimum Gasteiger partial charge on any atom is -0.481 e. The van der Waals surface area contributed by atoms with Crippen LogP contribution in [-0.2, 0) is 14.3 Å². The third-order valence-corrected chi connectivity index (χ3v) is 4.54. The highest BCUT2D eigenvalue weighted by Crippen LogP contribution is 2.41. The van der Waals surface area contributed by atoms with E-state index in [9.17, 15) is 23.1 Å². The van der Waals surface area contributed by atoms with Crippen molar-refractivity contribution in [2.24, 2.45) is 0 Å². The smallest absolute Gasteiger partial charge is 0.418 e. The fourth-order valence-electron chi connectivity index (χ4n) is 3.16. The summed E-state index contributed by atoms with van der Waals surface area (Å²) in [4.78, 5) is 11.2. The lowest BCUT2D eigenvalue weighted by atomic mass is 9.93. The van der Waals surface area contributed by atoms with E-state index in [2.05, 4.69) is 5.32 Å². The van der Waals surface area contributed by atoms with Gasteiger partial charge in [0.15, 0.2) is 6.10 Å². The van der Waals surface area contributed by atoms with Crippen molar-refractivity contribution >= 4 is 17.3 Å². The summed E-state index contributed by atoms with van der Waals surface area (Å²) in [5.74, 6) is -1.59. The summed E-state index contributed by atoms with van der Waals surface area (Å²) in [6, 6.07) is 12.4. The number of ether oxygens (including phenoxy) is 2. The van der Waals surface area contributed by atoms with Crippen molar-refractivity contribution in [1.82, 2.24) is 0 Å². The number of nitriles is 1. The summed E-state index contributed by atoms with van der Waals surface area (Å²) in [5, 5.41) is 21.1. The van der Waals surface area contributed by atoms with Gasteiger partial charge in [-0.2, -0.15) is 18.4 Å². The molecule has 2 rings (SSSR count). The van der Waals surface area contributed by atoms with Crippen molar-refractivity contribution in [3.05, 3.63) is 59.2 Å². The van der Waals surface area contributed by atoms with Gasteiger partial charge in [-0.3, -0.25) is 4.79 Å². The molecule has 31 heavy (non-hydrogen) atoms. The van der Waals surface area contributed by atoms with E-state index in [1.165, 1.54) is 44.4 Å². The standard InChI is InChI=1S/C22H23F3N2O4/c1-3-31-21(22(23,24)25)18-9-6-15(16(13-30-2)11-20(28)29)10-19(18)27-17-7-4-14(12-26)5-8-17/h4-10,16,21,27H,3,11,13H2,1-2H3,(H,28,29). The summed E-state index contributed by atoms with van der Waals surface area (Å²) in [6.45, 7) is 1.42. The predicted octanol–water partition coefficient (Wildman–Crippen LogP) is 5.15. The van der Waals surface area contributed by atoms with E-state index in [-0.39, 0.29) is 30.9 Å². The molecular weight excluding hydrogens is 413 g/mol. The second-order valence-electron chi connectivity index (χ2n) is 6.79. The topological polar surface area (TPSA) is 91.6 Å². The number of rotatable bonds is 10. The lowest BCUT2D eigenvalue weighted by Gasteiger charge is -2.25. The Kier molecular flexibility index (Phi) is 8.42. The predicted molar refractivity (Wildman–Crippen MR) is 108 cm³/mol. The van der Waals surface area contributed by atoms with E-state index in [1.807, 2.05) is 6.07 Å². The number of benzene rings is 2. The van der Waals surface area contributed by atoms with Gasteiger partial charge in [0, 0.05) is 36.6 Å². The normalized spacial score (nSPS) is 13.3. The highest BCUT2D eigenvalue weighted by atomic mass is 19.4. The van der Waals surface area contributed by atoms with E-state index in [4.69, 9.17) is 14.7 Å². The number of carbonyl (C=O) groups is 1. The second-order valence-corrected chi connectivity index (χ2v) is 6.79. The number of hydrogen-bond donors (Lipinski definition) is 2. The molecule has 9 heteroatoms. The summed E-state index contributed by atoms with van der Waals surface area (Å²) in [5.41, 5.74) is 1.39. The maximum Gasteiger partial charge on any atom is 0.418 e. The van der Waals surface area contributed by atoms with Crippen LogP contribution in [0, 0.1) is 11.3 Å². The number of nitrogens with zero attached hydrogens (tertiary/aromatic N) is 1. The average Bonchev–Trinajstić information content (AvgIpc) is 2.71. The number of nitrogens with one attached hydrogen (secondary N) is 1. The Hall–Kier alpha value is -3.09. The highest BCUT2D eigenvalue weighted by molar-refractivity contribution is 5.69. The molecule has 0 radical (unpaired) electrons. The zero-order chi connectivity index (χ0) is 23.0. The molecular formula is C22H23F3N2O4. The van der Waals surface area contributed by atoms with Crippen molar-refractivity contribution in [3.8, 4) is 6.07 Å². The third-order valence-electron chi connectivity index (χ3n) is 4.54. The first-order valence-corrected chi connectivity index (χ1v) is 9.49. The number of alkyl halides is 3. The Morgan fingerprint density at radius 1 is 1.23 bits per heavy atom. The van der Waals surface area contributed by atoms with Crippen LogP contribution < -0.4 is 5.32 Å². The molecule has 0 amide bonds. The average molecular weight is 436 g/mol. The number of anilines is 2. The molecule has 2 aromatic carbocycles. The van der Waals surface area contributed by atoms with Gasteiger partial charge in [0.25, 0.3) is 0 Å². The molecule has 2 aromatic rings. The molecule has 0 fully saturated rings. The van der Waals surface area contributed by atoms with Crippen molar-refractivity contribution in [2.75, 3.05) is 25.6 Å². The van der Waals surface area contributed by atoms with Gasteiger partial charge < -0.3 is 19.9 Å². The quantitative estimate of drug-likeness (QED) is 0.535. The molecule has 166 valence electrons. The van der Waals surface area contributed by atoms with Crippen LogP contribution in [0.5, 0.6) is 0 Å². The monoisotopic (exact) mass is 436 g/mol. The van der Waals surface area contributed by atoms with Crippen LogP contribution in [0.25, 0.3) is 0 Å². The highest BCUT2D eigenvalue weighted by Gasteiger charge is 2.43.